The zero-order valence-electron chi connectivity index (χ0n) is 8.37. The second-order valence-electron chi connectivity index (χ2n) is 3.61. The first-order valence-electron chi connectivity index (χ1n) is 5.01. The van der Waals surface area contributed by atoms with Crippen LogP contribution in [0.15, 0.2) is 18.2 Å². The van der Waals surface area contributed by atoms with Crippen LogP contribution >= 0.6 is 0 Å². The van der Waals surface area contributed by atoms with Gasteiger partial charge in [-0.15, -0.1) is 0 Å². The third-order valence-corrected chi connectivity index (χ3v) is 2.60. The molecule has 3 nitrogen and oxygen atoms in total. The summed E-state index contributed by atoms with van der Waals surface area (Å²) in [5.41, 5.74) is 7.12. The average molecular weight is 208 g/mol. The molecule has 0 aromatic heterocycles. The highest BCUT2D eigenvalue weighted by Crippen LogP contribution is 2.28. The van der Waals surface area contributed by atoms with Crippen molar-refractivity contribution in [1.82, 2.24) is 0 Å². The molecule has 2 N–H and O–H groups in total. The molecule has 0 bridgehead atoms. The van der Waals surface area contributed by atoms with Gasteiger partial charge < -0.3 is 10.6 Å². The number of benzene rings is 1. The van der Waals surface area contributed by atoms with Gasteiger partial charge in [0.05, 0.1) is 0 Å². The molecule has 0 fully saturated rings. The van der Waals surface area contributed by atoms with Crippen LogP contribution in [-0.2, 0) is 11.2 Å². The number of carbonyl (C=O) groups is 1. The Kier molecular flexibility index (Phi) is 2.68. The molecule has 1 heterocycles. The lowest BCUT2D eigenvalue weighted by molar-refractivity contribution is -0.118. The molecular formula is C11H13FN2O. The Morgan fingerprint density at radius 3 is 2.93 bits per heavy atom. The molecule has 1 aliphatic heterocycles. The van der Waals surface area contributed by atoms with Gasteiger partial charge in [0.1, 0.15) is 5.82 Å². The van der Waals surface area contributed by atoms with E-state index in [0.717, 1.165) is 5.56 Å². The van der Waals surface area contributed by atoms with Crippen LogP contribution < -0.4 is 10.6 Å². The molecule has 1 aromatic carbocycles. The summed E-state index contributed by atoms with van der Waals surface area (Å²) in [5, 5.41) is 0. The molecule has 80 valence electrons. The number of amides is 1. The van der Waals surface area contributed by atoms with Crippen LogP contribution in [-0.4, -0.2) is 19.0 Å². The maximum Gasteiger partial charge on any atom is 0.227 e. The number of halogens is 1. The second kappa shape index (κ2) is 3.98. The average Bonchev–Trinajstić information content (AvgIpc) is 2.23. The van der Waals surface area contributed by atoms with Crippen molar-refractivity contribution in [2.75, 3.05) is 18.0 Å². The molecule has 0 saturated heterocycles. The number of nitrogens with two attached hydrogens (primary N) is 1. The molecule has 0 atom stereocenters. The van der Waals surface area contributed by atoms with Crippen molar-refractivity contribution in [1.29, 1.82) is 0 Å². The van der Waals surface area contributed by atoms with Crippen LogP contribution in [0.4, 0.5) is 10.1 Å². The smallest absolute Gasteiger partial charge is 0.227 e. The molecule has 1 aliphatic rings. The van der Waals surface area contributed by atoms with Crippen LogP contribution in [0.25, 0.3) is 0 Å². The van der Waals surface area contributed by atoms with Gasteiger partial charge in [0.25, 0.3) is 0 Å². The molecular weight excluding hydrogens is 195 g/mol. The minimum atomic E-state index is -0.314. The van der Waals surface area contributed by atoms with E-state index >= 15 is 0 Å². The predicted molar refractivity (Wildman–Crippen MR) is 56.1 cm³/mol. The third-order valence-electron chi connectivity index (χ3n) is 2.60. The SMILES string of the molecule is NCCN1C(=O)CCc2ccc(F)cc21. The number of carbonyl (C=O) groups excluding carboxylic acids is 1. The number of fused-ring (bicyclic) bond motifs is 1. The predicted octanol–water partition coefficient (Wildman–Crippen LogP) is 1.06. The van der Waals surface area contributed by atoms with Crippen molar-refractivity contribution >= 4 is 11.6 Å². The zero-order valence-corrected chi connectivity index (χ0v) is 8.37. The lowest BCUT2D eigenvalue weighted by atomic mass is 10.0. The van der Waals surface area contributed by atoms with E-state index in [2.05, 4.69) is 0 Å². The van der Waals surface area contributed by atoms with Gasteiger partial charge in [0.15, 0.2) is 0 Å². The van der Waals surface area contributed by atoms with E-state index in [0.29, 0.717) is 31.6 Å². The monoisotopic (exact) mass is 208 g/mol. The van der Waals surface area contributed by atoms with Gasteiger partial charge in [-0.1, -0.05) is 6.07 Å². The third kappa shape index (κ3) is 1.85. The number of rotatable bonds is 2. The minimum absolute atomic E-state index is 0.0264. The summed E-state index contributed by atoms with van der Waals surface area (Å²) in [5.74, 6) is -0.288. The van der Waals surface area contributed by atoms with E-state index < -0.39 is 0 Å². The van der Waals surface area contributed by atoms with Gasteiger partial charge in [0.2, 0.25) is 5.91 Å². The van der Waals surface area contributed by atoms with Crippen molar-refractivity contribution in [3.8, 4) is 0 Å². The molecule has 2 rings (SSSR count). The maximum atomic E-state index is 13.1. The molecule has 1 aromatic rings. The maximum absolute atomic E-state index is 13.1. The quantitative estimate of drug-likeness (QED) is 0.790. The Morgan fingerprint density at radius 1 is 1.40 bits per heavy atom. The van der Waals surface area contributed by atoms with Gasteiger partial charge in [-0.25, -0.2) is 4.39 Å². The number of hydrogen-bond acceptors (Lipinski definition) is 2. The Bertz CT molecular complexity index is 392. The van der Waals surface area contributed by atoms with Crippen molar-refractivity contribution in [2.24, 2.45) is 5.73 Å². The molecule has 0 radical (unpaired) electrons. The molecule has 4 heteroatoms. The lowest BCUT2D eigenvalue weighted by Crippen LogP contribution is -2.38. The van der Waals surface area contributed by atoms with E-state index in [4.69, 9.17) is 5.73 Å². The fourth-order valence-electron chi connectivity index (χ4n) is 1.88. The van der Waals surface area contributed by atoms with Gasteiger partial charge in [-0.2, -0.15) is 0 Å². The normalized spacial score (nSPS) is 15.3. The standard InChI is InChI=1S/C11H13FN2O/c12-9-3-1-8-2-4-11(15)14(6-5-13)10(8)7-9/h1,3,7H,2,4-6,13H2. The van der Waals surface area contributed by atoms with Crippen LogP contribution in [0.5, 0.6) is 0 Å². The minimum Gasteiger partial charge on any atom is -0.329 e. The second-order valence-corrected chi connectivity index (χ2v) is 3.61. The Labute approximate surface area is 87.7 Å². The van der Waals surface area contributed by atoms with E-state index in [9.17, 15) is 9.18 Å². The number of hydrogen-bond donors (Lipinski definition) is 1. The highest BCUT2D eigenvalue weighted by molar-refractivity contribution is 5.96. The van der Waals surface area contributed by atoms with E-state index in [1.54, 1.807) is 11.0 Å². The van der Waals surface area contributed by atoms with Gasteiger partial charge in [-0.3, -0.25) is 4.79 Å². The summed E-state index contributed by atoms with van der Waals surface area (Å²) in [6.45, 7) is 0.844. The van der Waals surface area contributed by atoms with Crippen molar-refractivity contribution < 1.29 is 9.18 Å². The van der Waals surface area contributed by atoms with Gasteiger partial charge in [0, 0.05) is 25.2 Å². The molecule has 15 heavy (non-hydrogen) atoms. The fraction of sp³-hybridized carbons (Fsp3) is 0.364. The van der Waals surface area contributed by atoms with Crippen LogP contribution in [0, 0.1) is 5.82 Å². The van der Waals surface area contributed by atoms with Gasteiger partial charge in [-0.05, 0) is 24.1 Å². The molecule has 0 saturated carbocycles. The molecule has 0 spiro atoms. The highest BCUT2D eigenvalue weighted by Gasteiger charge is 2.23. The first-order chi connectivity index (χ1) is 7.22. The summed E-state index contributed by atoms with van der Waals surface area (Å²) in [6, 6.07) is 4.57. The largest absolute Gasteiger partial charge is 0.329 e. The van der Waals surface area contributed by atoms with Gasteiger partial charge >= 0.3 is 0 Å². The van der Waals surface area contributed by atoms with E-state index in [-0.39, 0.29) is 11.7 Å². The van der Waals surface area contributed by atoms with Crippen molar-refractivity contribution in [2.45, 2.75) is 12.8 Å². The molecule has 0 aliphatic carbocycles. The molecule has 1 amide bonds. The molecule has 0 unspecified atom stereocenters. The summed E-state index contributed by atoms with van der Waals surface area (Å²) in [7, 11) is 0. The Morgan fingerprint density at radius 2 is 2.20 bits per heavy atom. The summed E-state index contributed by atoms with van der Waals surface area (Å²) in [4.78, 5) is 13.2. The van der Waals surface area contributed by atoms with Crippen LogP contribution in [0.1, 0.15) is 12.0 Å². The topological polar surface area (TPSA) is 46.3 Å². The summed E-state index contributed by atoms with van der Waals surface area (Å²) < 4.78 is 13.1. The first-order valence-corrected chi connectivity index (χ1v) is 5.01. The Hall–Kier alpha value is -1.42. The number of aryl methyl sites for hydroxylation is 1. The summed E-state index contributed by atoms with van der Waals surface area (Å²) in [6.07, 6.45) is 1.17. The summed E-state index contributed by atoms with van der Waals surface area (Å²) >= 11 is 0. The lowest BCUT2D eigenvalue weighted by Gasteiger charge is -2.28. The van der Waals surface area contributed by atoms with Crippen LogP contribution in [0.3, 0.4) is 0 Å². The highest BCUT2D eigenvalue weighted by atomic mass is 19.1. The van der Waals surface area contributed by atoms with E-state index in [1.165, 1.54) is 12.1 Å². The fourth-order valence-corrected chi connectivity index (χ4v) is 1.88. The van der Waals surface area contributed by atoms with Crippen LogP contribution in [0.2, 0.25) is 0 Å². The van der Waals surface area contributed by atoms with Crippen molar-refractivity contribution in [3.05, 3.63) is 29.6 Å². The van der Waals surface area contributed by atoms with Crippen molar-refractivity contribution in [3.63, 3.8) is 0 Å². The van der Waals surface area contributed by atoms with E-state index in [1.807, 2.05) is 0 Å². The Balaban J connectivity index is 2.41. The number of nitrogens with zero attached hydrogens (tertiary/aromatic N) is 1. The number of anilines is 1. The zero-order chi connectivity index (χ0) is 10.8. The first kappa shape index (κ1) is 10.1.